The predicted octanol–water partition coefficient (Wildman–Crippen LogP) is 1.91. The van der Waals surface area contributed by atoms with Crippen LogP contribution in [0.2, 0.25) is 0 Å². The van der Waals surface area contributed by atoms with E-state index in [1.165, 1.54) is 0 Å². The van der Waals surface area contributed by atoms with E-state index in [1.807, 2.05) is 25.1 Å². The molecule has 2 unspecified atom stereocenters. The van der Waals surface area contributed by atoms with Crippen LogP contribution in [-0.4, -0.2) is 27.7 Å². The second-order valence-corrected chi connectivity index (χ2v) is 5.80. The molecular formula is C15H23N3O2. The summed E-state index contributed by atoms with van der Waals surface area (Å²) in [4.78, 5) is 16.7. The number of fused-ring (bicyclic) bond motifs is 1. The minimum Gasteiger partial charge on any atom is -0.392 e. The average molecular weight is 277 g/mol. The van der Waals surface area contributed by atoms with Crippen LogP contribution in [0.5, 0.6) is 0 Å². The maximum Gasteiger partial charge on any atom is 0.323 e. The Kier molecular flexibility index (Phi) is 4.62. The molecule has 0 saturated carbocycles. The summed E-state index contributed by atoms with van der Waals surface area (Å²) in [7, 11) is 0. The number of H-pyrrole nitrogens is 2. The van der Waals surface area contributed by atoms with Gasteiger partial charge in [0.25, 0.3) is 0 Å². The Labute approximate surface area is 118 Å². The molecule has 0 aliphatic heterocycles. The largest absolute Gasteiger partial charge is 0.392 e. The molecule has 0 bridgehead atoms. The number of hydrogen-bond donors (Lipinski definition) is 4. The molecule has 110 valence electrons. The molecule has 2 aromatic rings. The van der Waals surface area contributed by atoms with Crippen LogP contribution in [-0.2, 0) is 0 Å². The van der Waals surface area contributed by atoms with Crippen molar-refractivity contribution < 1.29 is 5.11 Å². The molecule has 0 spiro atoms. The van der Waals surface area contributed by atoms with E-state index >= 15 is 0 Å². The molecule has 0 aliphatic carbocycles. The molecule has 2 rings (SSSR count). The van der Waals surface area contributed by atoms with Crippen molar-refractivity contribution >= 4 is 11.0 Å². The molecular weight excluding hydrogens is 254 g/mol. The molecule has 4 N–H and O–H groups in total. The Hall–Kier alpha value is -1.59. The average Bonchev–Trinajstić information content (AvgIpc) is 2.74. The number of hydrogen-bond acceptors (Lipinski definition) is 3. The maximum atomic E-state index is 11.2. The molecule has 0 saturated heterocycles. The molecule has 0 fully saturated rings. The van der Waals surface area contributed by atoms with Gasteiger partial charge in [-0.25, -0.2) is 4.79 Å². The number of nitrogens with one attached hydrogen (secondary N) is 3. The molecule has 5 nitrogen and oxygen atoms in total. The van der Waals surface area contributed by atoms with E-state index in [1.54, 1.807) is 0 Å². The van der Waals surface area contributed by atoms with E-state index in [0.717, 1.165) is 23.0 Å². The number of imidazole rings is 1. The topological polar surface area (TPSA) is 80.9 Å². The second-order valence-electron chi connectivity index (χ2n) is 5.80. The fourth-order valence-corrected chi connectivity index (χ4v) is 2.38. The van der Waals surface area contributed by atoms with Gasteiger partial charge in [0.05, 0.1) is 17.1 Å². The standard InChI is InChI=1S/C15H23N3O2/c1-9(2)6-12(19)8-16-10(3)11-4-5-13-14(7-11)18-15(20)17-13/h4-5,7,9-10,12,16,19H,6,8H2,1-3H3,(H2,17,18,20). The van der Waals surface area contributed by atoms with Gasteiger partial charge in [-0.1, -0.05) is 19.9 Å². The number of benzene rings is 1. The highest BCUT2D eigenvalue weighted by atomic mass is 16.3. The lowest BCUT2D eigenvalue weighted by Gasteiger charge is -2.18. The molecule has 1 aromatic heterocycles. The SMILES string of the molecule is CC(C)CC(O)CNC(C)c1ccc2[nH]c(=O)[nH]c2c1. The monoisotopic (exact) mass is 277 g/mol. The quantitative estimate of drug-likeness (QED) is 0.651. The third kappa shape index (κ3) is 3.71. The summed E-state index contributed by atoms with van der Waals surface area (Å²) in [6.45, 7) is 6.82. The van der Waals surface area contributed by atoms with Gasteiger partial charge in [-0.2, -0.15) is 0 Å². The van der Waals surface area contributed by atoms with Crippen molar-refractivity contribution in [3.8, 4) is 0 Å². The van der Waals surface area contributed by atoms with Crippen LogP contribution in [0.4, 0.5) is 0 Å². The highest BCUT2D eigenvalue weighted by Crippen LogP contribution is 2.17. The molecule has 20 heavy (non-hydrogen) atoms. The number of aromatic amines is 2. The minimum absolute atomic E-state index is 0.125. The van der Waals surface area contributed by atoms with Crippen LogP contribution in [0.3, 0.4) is 0 Å². The van der Waals surface area contributed by atoms with Gasteiger partial charge in [-0.05, 0) is 37.0 Å². The Morgan fingerprint density at radius 1 is 1.20 bits per heavy atom. The molecule has 1 aromatic carbocycles. The first-order chi connectivity index (χ1) is 9.45. The summed E-state index contributed by atoms with van der Waals surface area (Å²) in [5.74, 6) is 0.489. The van der Waals surface area contributed by atoms with E-state index in [9.17, 15) is 9.90 Å². The van der Waals surface area contributed by atoms with E-state index in [2.05, 4.69) is 29.1 Å². The lowest BCUT2D eigenvalue weighted by atomic mass is 10.0. The smallest absolute Gasteiger partial charge is 0.323 e. The van der Waals surface area contributed by atoms with Crippen LogP contribution >= 0.6 is 0 Å². The fourth-order valence-electron chi connectivity index (χ4n) is 2.38. The minimum atomic E-state index is -0.326. The number of rotatable bonds is 6. The Morgan fingerprint density at radius 2 is 1.90 bits per heavy atom. The normalized spacial score (nSPS) is 14.8. The highest BCUT2D eigenvalue weighted by Gasteiger charge is 2.11. The van der Waals surface area contributed by atoms with Gasteiger partial charge < -0.3 is 20.4 Å². The van der Waals surface area contributed by atoms with Crippen LogP contribution in [0.25, 0.3) is 11.0 Å². The number of aliphatic hydroxyl groups is 1. The zero-order valence-corrected chi connectivity index (χ0v) is 12.2. The lowest BCUT2D eigenvalue weighted by molar-refractivity contribution is 0.143. The maximum absolute atomic E-state index is 11.2. The first-order valence-electron chi connectivity index (χ1n) is 7.09. The van der Waals surface area contributed by atoms with Crippen molar-refractivity contribution in [3.05, 3.63) is 34.2 Å². The van der Waals surface area contributed by atoms with Crippen molar-refractivity contribution in [2.24, 2.45) is 5.92 Å². The Balaban J connectivity index is 2.00. The summed E-state index contributed by atoms with van der Waals surface area (Å²) in [6.07, 6.45) is 0.470. The van der Waals surface area contributed by atoms with Crippen molar-refractivity contribution in [1.82, 2.24) is 15.3 Å². The van der Waals surface area contributed by atoms with Gasteiger partial charge in [0.15, 0.2) is 0 Å². The summed E-state index contributed by atoms with van der Waals surface area (Å²) >= 11 is 0. The fraction of sp³-hybridized carbons (Fsp3) is 0.533. The summed E-state index contributed by atoms with van der Waals surface area (Å²) in [5.41, 5.74) is 2.52. The van der Waals surface area contributed by atoms with E-state index < -0.39 is 0 Å². The lowest BCUT2D eigenvalue weighted by Crippen LogP contribution is -2.29. The van der Waals surface area contributed by atoms with Gasteiger partial charge in [0, 0.05) is 12.6 Å². The number of aliphatic hydroxyl groups excluding tert-OH is 1. The molecule has 5 heteroatoms. The van der Waals surface area contributed by atoms with Crippen molar-refractivity contribution in [2.75, 3.05) is 6.54 Å². The first kappa shape index (κ1) is 14.8. The van der Waals surface area contributed by atoms with Crippen molar-refractivity contribution in [1.29, 1.82) is 0 Å². The summed E-state index contributed by atoms with van der Waals surface area (Å²) in [5, 5.41) is 13.2. The molecule has 0 amide bonds. The van der Waals surface area contributed by atoms with E-state index in [4.69, 9.17) is 0 Å². The third-order valence-electron chi connectivity index (χ3n) is 3.44. The third-order valence-corrected chi connectivity index (χ3v) is 3.44. The van der Waals surface area contributed by atoms with Gasteiger partial charge in [-0.15, -0.1) is 0 Å². The zero-order chi connectivity index (χ0) is 14.7. The van der Waals surface area contributed by atoms with Crippen LogP contribution in [0.1, 0.15) is 38.8 Å². The van der Waals surface area contributed by atoms with Crippen molar-refractivity contribution in [3.63, 3.8) is 0 Å². The predicted molar refractivity (Wildman–Crippen MR) is 80.8 cm³/mol. The molecule has 0 radical (unpaired) electrons. The Bertz CT molecular complexity index is 615. The van der Waals surface area contributed by atoms with Gasteiger partial charge in [0.1, 0.15) is 0 Å². The van der Waals surface area contributed by atoms with Gasteiger partial charge in [0.2, 0.25) is 0 Å². The van der Waals surface area contributed by atoms with Gasteiger partial charge in [-0.3, -0.25) is 0 Å². The molecule has 1 heterocycles. The van der Waals surface area contributed by atoms with E-state index in [-0.39, 0.29) is 17.8 Å². The molecule has 0 aliphatic rings. The van der Waals surface area contributed by atoms with Crippen LogP contribution < -0.4 is 11.0 Å². The van der Waals surface area contributed by atoms with Crippen LogP contribution in [0.15, 0.2) is 23.0 Å². The van der Waals surface area contributed by atoms with Gasteiger partial charge >= 0.3 is 5.69 Å². The Morgan fingerprint density at radius 3 is 2.60 bits per heavy atom. The summed E-state index contributed by atoms with van der Waals surface area (Å²) in [6, 6.07) is 5.96. The van der Waals surface area contributed by atoms with Crippen molar-refractivity contribution in [2.45, 2.75) is 39.3 Å². The first-order valence-corrected chi connectivity index (χ1v) is 7.09. The summed E-state index contributed by atoms with van der Waals surface area (Å²) < 4.78 is 0. The second kappa shape index (κ2) is 6.24. The number of aromatic nitrogens is 2. The highest BCUT2D eigenvalue weighted by molar-refractivity contribution is 5.75. The molecule has 2 atom stereocenters. The van der Waals surface area contributed by atoms with E-state index in [0.29, 0.717) is 12.5 Å². The zero-order valence-electron chi connectivity index (χ0n) is 12.2. The van der Waals surface area contributed by atoms with Crippen LogP contribution in [0, 0.1) is 5.92 Å².